The number of hydrogen-bond donors (Lipinski definition) is 2. The van der Waals surface area contributed by atoms with Gasteiger partial charge in [0, 0.05) is 24.3 Å². The summed E-state index contributed by atoms with van der Waals surface area (Å²) in [4.78, 5) is 11.9. The SMILES string of the molecule is O=C(NC1CCC(CO)CC1)c1cc(F)cc(F)c1. The topological polar surface area (TPSA) is 49.3 Å². The predicted octanol–water partition coefficient (Wildman–Crippen LogP) is 2.25. The van der Waals surface area contributed by atoms with E-state index in [1.54, 1.807) is 0 Å². The van der Waals surface area contributed by atoms with Gasteiger partial charge < -0.3 is 10.4 Å². The molecule has 0 saturated heterocycles. The molecule has 0 unspecified atom stereocenters. The number of carbonyl (C=O) groups excluding carboxylic acids is 1. The minimum Gasteiger partial charge on any atom is -0.396 e. The number of benzene rings is 1. The van der Waals surface area contributed by atoms with Crippen LogP contribution in [0.1, 0.15) is 36.0 Å². The molecule has 1 aliphatic rings. The van der Waals surface area contributed by atoms with E-state index < -0.39 is 17.5 Å². The van der Waals surface area contributed by atoms with E-state index in [-0.39, 0.29) is 18.2 Å². The summed E-state index contributed by atoms with van der Waals surface area (Å²) in [6.45, 7) is 0.176. The summed E-state index contributed by atoms with van der Waals surface area (Å²) in [6.07, 6.45) is 3.29. The van der Waals surface area contributed by atoms with E-state index in [4.69, 9.17) is 5.11 Å². The van der Waals surface area contributed by atoms with Crippen molar-refractivity contribution in [3.63, 3.8) is 0 Å². The highest BCUT2D eigenvalue weighted by Gasteiger charge is 2.22. The molecule has 0 aliphatic heterocycles. The number of aliphatic hydroxyl groups is 1. The molecule has 0 atom stereocenters. The molecule has 0 radical (unpaired) electrons. The first kappa shape index (κ1) is 13.9. The van der Waals surface area contributed by atoms with Gasteiger partial charge in [-0.2, -0.15) is 0 Å². The Labute approximate surface area is 110 Å². The van der Waals surface area contributed by atoms with Crippen molar-refractivity contribution in [3.8, 4) is 0 Å². The van der Waals surface area contributed by atoms with Crippen LogP contribution in [0.5, 0.6) is 0 Å². The Bertz CT molecular complexity index is 437. The van der Waals surface area contributed by atoms with Gasteiger partial charge in [-0.05, 0) is 43.7 Å². The zero-order valence-corrected chi connectivity index (χ0v) is 10.5. The molecule has 0 bridgehead atoms. The van der Waals surface area contributed by atoms with Gasteiger partial charge in [-0.3, -0.25) is 4.79 Å². The number of nitrogens with one attached hydrogen (secondary N) is 1. The van der Waals surface area contributed by atoms with E-state index in [1.165, 1.54) is 0 Å². The predicted molar refractivity (Wildman–Crippen MR) is 66.7 cm³/mol. The van der Waals surface area contributed by atoms with Crippen LogP contribution in [-0.4, -0.2) is 23.7 Å². The Kier molecular flexibility index (Phi) is 4.47. The number of aliphatic hydroxyl groups excluding tert-OH is 1. The molecule has 19 heavy (non-hydrogen) atoms. The lowest BCUT2D eigenvalue weighted by Crippen LogP contribution is -2.38. The number of amides is 1. The summed E-state index contributed by atoms with van der Waals surface area (Å²) in [5, 5.41) is 11.8. The number of rotatable bonds is 3. The van der Waals surface area contributed by atoms with Gasteiger partial charge in [-0.15, -0.1) is 0 Å². The highest BCUT2D eigenvalue weighted by Crippen LogP contribution is 2.24. The molecule has 104 valence electrons. The molecule has 3 nitrogen and oxygen atoms in total. The summed E-state index contributed by atoms with van der Waals surface area (Å²) < 4.78 is 26.0. The maximum Gasteiger partial charge on any atom is 0.251 e. The second-order valence-electron chi connectivity index (χ2n) is 5.03. The molecule has 0 spiro atoms. The smallest absolute Gasteiger partial charge is 0.251 e. The van der Waals surface area contributed by atoms with Gasteiger partial charge in [0.25, 0.3) is 5.91 Å². The van der Waals surface area contributed by atoms with E-state index >= 15 is 0 Å². The second kappa shape index (κ2) is 6.10. The molecule has 0 aromatic heterocycles. The maximum absolute atomic E-state index is 13.0. The van der Waals surface area contributed by atoms with Crippen LogP contribution in [0.25, 0.3) is 0 Å². The average molecular weight is 269 g/mol. The Hall–Kier alpha value is -1.49. The van der Waals surface area contributed by atoms with E-state index in [2.05, 4.69) is 5.32 Å². The van der Waals surface area contributed by atoms with Gasteiger partial charge in [0.1, 0.15) is 11.6 Å². The van der Waals surface area contributed by atoms with E-state index in [1.807, 2.05) is 0 Å². The fraction of sp³-hybridized carbons (Fsp3) is 0.500. The van der Waals surface area contributed by atoms with E-state index in [0.717, 1.165) is 43.9 Å². The zero-order chi connectivity index (χ0) is 13.8. The molecule has 1 aromatic carbocycles. The molecular formula is C14H17F2NO2. The zero-order valence-electron chi connectivity index (χ0n) is 10.5. The molecule has 0 heterocycles. The van der Waals surface area contributed by atoms with Crippen molar-refractivity contribution in [1.29, 1.82) is 0 Å². The maximum atomic E-state index is 13.0. The largest absolute Gasteiger partial charge is 0.396 e. The third-order valence-corrected chi connectivity index (χ3v) is 3.56. The molecule has 1 fully saturated rings. The van der Waals surface area contributed by atoms with E-state index in [9.17, 15) is 13.6 Å². The summed E-state index contributed by atoms with van der Waals surface area (Å²) in [7, 11) is 0. The molecule has 1 saturated carbocycles. The summed E-state index contributed by atoms with van der Waals surface area (Å²) in [5.41, 5.74) is 0.00165. The van der Waals surface area contributed by atoms with Gasteiger partial charge in [-0.25, -0.2) is 8.78 Å². The summed E-state index contributed by atoms with van der Waals surface area (Å²) in [5.74, 6) is -1.66. The Morgan fingerprint density at radius 2 is 1.74 bits per heavy atom. The van der Waals surface area contributed by atoms with Crippen molar-refractivity contribution in [2.24, 2.45) is 5.92 Å². The van der Waals surface area contributed by atoms with Crippen molar-refractivity contribution in [2.75, 3.05) is 6.61 Å². The first-order valence-corrected chi connectivity index (χ1v) is 6.46. The first-order valence-electron chi connectivity index (χ1n) is 6.46. The van der Waals surface area contributed by atoms with Crippen molar-refractivity contribution in [3.05, 3.63) is 35.4 Å². The first-order chi connectivity index (χ1) is 9.08. The van der Waals surface area contributed by atoms with Crippen LogP contribution in [0.15, 0.2) is 18.2 Å². The minimum absolute atomic E-state index is 0.00165. The molecule has 2 N–H and O–H groups in total. The third kappa shape index (κ3) is 3.73. The number of carbonyl (C=O) groups is 1. The quantitative estimate of drug-likeness (QED) is 0.884. The van der Waals surface area contributed by atoms with Crippen molar-refractivity contribution in [2.45, 2.75) is 31.7 Å². The van der Waals surface area contributed by atoms with Crippen molar-refractivity contribution >= 4 is 5.91 Å². The van der Waals surface area contributed by atoms with Crippen LogP contribution in [0.2, 0.25) is 0 Å². The monoisotopic (exact) mass is 269 g/mol. The lowest BCUT2D eigenvalue weighted by atomic mass is 9.86. The second-order valence-corrected chi connectivity index (χ2v) is 5.03. The molecule has 5 heteroatoms. The average Bonchev–Trinajstić information content (AvgIpc) is 2.38. The van der Waals surface area contributed by atoms with Gasteiger partial charge >= 0.3 is 0 Å². The molecule has 1 aromatic rings. The van der Waals surface area contributed by atoms with Crippen LogP contribution < -0.4 is 5.32 Å². The van der Waals surface area contributed by atoms with Crippen LogP contribution in [0.3, 0.4) is 0 Å². The van der Waals surface area contributed by atoms with Crippen LogP contribution in [0, 0.1) is 17.6 Å². The summed E-state index contributed by atoms with van der Waals surface area (Å²) in [6, 6.07) is 2.81. The Morgan fingerprint density at radius 1 is 1.16 bits per heavy atom. The lowest BCUT2D eigenvalue weighted by molar-refractivity contribution is 0.0913. The van der Waals surface area contributed by atoms with Gasteiger partial charge in [0.05, 0.1) is 0 Å². The fourth-order valence-electron chi connectivity index (χ4n) is 2.44. The van der Waals surface area contributed by atoms with Gasteiger partial charge in [0.15, 0.2) is 0 Å². The normalized spacial score (nSPS) is 23.1. The van der Waals surface area contributed by atoms with E-state index in [0.29, 0.717) is 5.92 Å². The summed E-state index contributed by atoms with van der Waals surface area (Å²) >= 11 is 0. The van der Waals surface area contributed by atoms with Crippen LogP contribution in [0.4, 0.5) is 8.78 Å². The van der Waals surface area contributed by atoms with Crippen molar-refractivity contribution < 1.29 is 18.7 Å². The number of halogens is 2. The fourth-order valence-corrected chi connectivity index (χ4v) is 2.44. The standard InChI is InChI=1S/C14H17F2NO2/c15-11-5-10(6-12(16)7-11)14(19)17-13-3-1-9(8-18)2-4-13/h5-7,9,13,18H,1-4,8H2,(H,17,19). The van der Waals surface area contributed by atoms with Crippen LogP contribution in [-0.2, 0) is 0 Å². The highest BCUT2D eigenvalue weighted by molar-refractivity contribution is 5.94. The molecule has 1 amide bonds. The highest BCUT2D eigenvalue weighted by atomic mass is 19.1. The molecule has 1 aliphatic carbocycles. The Balaban J connectivity index is 1.94. The lowest BCUT2D eigenvalue weighted by Gasteiger charge is -2.27. The van der Waals surface area contributed by atoms with Gasteiger partial charge in [-0.1, -0.05) is 0 Å². The molecule has 2 rings (SSSR count). The third-order valence-electron chi connectivity index (χ3n) is 3.56. The van der Waals surface area contributed by atoms with Crippen molar-refractivity contribution in [1.82, 2.24) is 5.32 Å². The number of hydrogen-bond acceptors (Lipinski definition) is 2. The minimum atomic E-state index is -0.755. The van der Waals surface area contributed by atoms with Crippen LogP contribution >= 0.6 is 0 Å². The Morgan fingerprint density at radius 3 is 2.26 bits per heavy atom. The van der Waals surface area contributed by atoms with Gasteiger partial charge in [0.2, 0.25) is 0 Å². The molecular weight excluding hydrogens is 252 g/mol.